The van der Waals surface area contributed by atoms with Gasteiger partial charge in [-0.05, 0) is 54.1 Å². The molecule has 1 aliphatic heterocycles. The Morgan fingerprint density at radius 2 is 1.90 bits per heavy atom. The summed E-state index contributed by atoms with van der Waals surface area (Å²) in [5.41, 5.74) is 0.930. The first kappa shape index (κ1) is 26.4. The molecule has 0 atom stereocenters. The zero-order valence-corrected chi connectivity index (χ0v) is 21.4. The van der Waals surface area contributed by atoms with Gasteiger partial charge in [-0.2, -0.15) is 13.2 Å². The molecule has 1 aliphatic rings. The maximum absolute atomic E-state index is 13.5. The largest absolute Gasteiger partial charge is 0.490 e. The smallest absolute Gasteiger partial charge is 0.416 e. The number of furan rings is 1. The number of nitrogens with zero attached hydrogens (tertiary/aromatic N) is 2. The van der Waals surface area contributed by atoms with E-state index in [-0.39, 0.29) is 34.5 Å². The van der Waals surface area contributed by atoms with Crippen molar-refractivity contribution in [3.8, 4) is 5.75 Å². The Bertz CT molecular complexity index is 1700. The zero-order valence-electron chi connectivity index (χ0n) is 20.6. The van der Waals surface area contributed by atoms with E-state index in [2.05, 4.69) is 0 Å². The molecule has 0 radical (unpaired) electrons. The number of halogens is 3. The number of hydrogen-bond acceptors (Lipinski definition) is 6. The van der Waals surface area contributed by atoms with Gasteiger partial charge in [0.25, 0.3) is 0 Å². The number of likely N-dealkylation sites (N-methyl/N-ethyl adjacent to an activating group) is 1. The van der Waals surface area contributed by atoms with Crippen molar-refractivity contribution in [3.63, 3.8) is 0 Å². The van der Waals surface area contributed by atoms with E-state index < -0.39 is 33.5 Å². The van der Waals surface area contributed by atoms with E-state index in [0.717, 1.165) is 45.7 Å². The summed E-state index contributed by atoms with van der Waals surface area (Å²) in [4.78, 5) is 13.2. The van der Waals surface area contributed by atoms with Gasteiger partial charge in [0.2, 0.25) is 15.8 Å². The van der Waals surface area contributed by atoms with E-state index in [9.17, 15) is 26.4 Å². The molecule has 0 aliphatic carbocycles. The molecule has 0 saturated carbocycles. The topological polar surface area (TPSA) is 102 Å². The highest BCUT2D eigenvalue weighted by Crippen LogP contribution is 2.34. The number of fused-ring (bicyclic) bond motifs is 2. The van der Waals surface area contributed by atoms with Crippen molar-refractivity contribution in [2.75, 3.05) is 30.9 Å². The highest BCUT2D eigenvalue weighted by molar-refractivity contribution is 7.90. The van der Waals surface area contributed by atoms with Crippen molar-refractivity contribution in [2.45, 2.75) is 12.6 Å². The quantitative estimate of drug-likeness (QED) is 0.329. The minimum Gasteiger partial charge on any atom is -0.490 e. The van der Waals surface area contributed by atoms with Crippen LogP contribution >= 0.6 is 0 Å². The molecule has 0 unspecified atom stereocenters. The second-order valence-corrected chi connectivity index (χ2v) is 11.0. The molecule has 0 saturated heterocycles. The Morgan fingerprint density at radius 1 is 1.10 bits per heavy atom. The molecular weight excluding hydrogens is 537 g/mol. The number of carboxylic acid groups (broad SMARTS) is 1. The van der Waals surface area contributed by atoms with Crippen LogP contribution in [0.15, 0.2) is 65.1 Å². The van der Waals surface area contributed by atoms with Crippen LogP contribution in [-0.4, -0.2) is 49.4 Å². The van der Waals surface area contributed by atoms with Crippen LogP contribution in [0.2, 0.25) is 0 Å². The van der Waals surface area contributed by atoms with Gasteiger partial charge in [0.15, 0.2) is 0 Å². The second-order valence-electron chi connectivity index (χ2n) is 9.10. The van der Waals surface area contributed by atoms with Gasteiger partial charge < -0.3 is 19.2 Å². The maximum atomic E-state index is 13.5. The summed E-state index contributed by atoms with van der Waals surface area (Å²) in [5, 5.41) is 9.20. The summed E-state index contributed by atoms with van der Waals surface area (Å²) < 4.78 is 78.9. The fourth-order valence-electron chi connectivity index (χ4n) is 4.49. The van der Waals surface area contributed by atoms with Gasteiger partial charge in [-0.25, -0.2) is 17.2 Å². The van der Waals surface area contributed by atoms with E-state index in [0.29, 0.717) is 6.61 Å². The number of benzene rings is 2. The lowest BCUT2D eigenvalue weighted by molar-refractivity contribution is -0.137. The molecule has 39 heavy (non-hydrogen) atoms. The molecule has 8 nitrogen and oxygen atoms in total. The Labute approximate surface area is 221 Å². The van der Waals surface area contributed by atoms with Crippen LogP contribution < -0.4 is 9.64 Å². The van der Waals surface area contributed by atoms with E-state index in [1.165, 1.54) is 24.3 Å². The minimum atomic E-state index is -4.61. The first-order valence-electron chi connectivity index (χ1n) is 11.8. The summed E-state index contributed by atoms with van der Waals surface area (Å²) in [6.07, 6.45) is -1.64. The molecule has 5 rings (SSSR count). The molecule has 4 aromatic rings. The van der Waals surface area contributed by atoms with E-state index in [1.807, 2.05) is 24.1 Å². The fourth-order valence-corrected chi connectivity index (χ4v) is 5.92. The van der Waals surface area contributed by atoms with Crippen LogP contribution in [0.25, 0.3) is 17.0 Å². The molecule has 0 fully saturated rings. The molecule has 12 heteroatoms. The third-order valence-electron chi connectivity index (χ3n) is 6.36. The Hall–Kier alpha value is -4.19. The average molecular weight is 561 g/mol. The van der Waals surface area contributed by atoms with Crippen molar-refractivity contribution in [2.24, 2.45) is 0 Å². The first-order valence-corrected chi connectivity index (χ1v) is 13.4. The lowest BCUT2D eigenvalue weighted by atomic mass is 10.1. The summed E-state index contributed by atoms with van der Waals surface area (Å²) >= 11 is 0. The molecule has 2 aromatic heterocycles. The van der Waals surface area contributed by atoms with E-state index >= 15 is 0 Å². The van der Waals surface area contributed by atoms with Crippen molar-refractivity contribution >= 4 is 38.7 Å². The number of aromatic nitrogens is 1. The second kappa shape index (κ2) is 9.84. The van der Waals surface area contributed by atoms with E-state index in [4.69, 9.17) is 14.3 Å². The molecule has 0 amide bonds. The van der Waals surface area contributed by atoms with Crippen LogP contribution in [0.4, 0.5) is 18.9 Å². The number of ether oxygens (including phenoxy) is 1. The number of aromatic carboxylic acids is 1. The summed E-state index contributed by atoms with van der Waals surface area (Å²) in [6.45, 7) is 1.29. The average Bonchev–Trinajstić information content (AvgIpc) is 3.48. The van der Waals surface area contributed by atoms with E-state index in [1.54, 1.807) is 12.1 Å². The highest BCUT2D eigenvalue weighted by atomic mass is 32.2. The van der Waals surface area contributed by atoms with Gasteiger partial charge in [0, 0.05) is 24.5 Å². The highest BCUT2D eigenvalue weighted by Gasteiger charge is 2.31. The Morgan fingerprint density at radius 3 is 2.62 bits per heavy atom. The van der Waals surface area contributed by atoms with Gasteiger partial charge in [0.05, 0.1) is 29.1 Å². The molecule has 204 valence electrons. The predicted molar refractivity (Wildman–Crippen MR) is 139 cm³/mol. The van der Waals surface area contributed by atoms with Crippen LogP contribution in [0, 0.1) is 0 Å². The number of rotatable bonds is 7. The van der Waals surface area contributed by atoms with Crippen LogP contribution in [0.5, 0.6) is 5.75 Å². The number of carboxylic acids is 1. The number of hydrogen-bond donors (Lipinski definition) is 1. The van der Waals surface area contributed by atoms with Gasteiger partial charge in [-0.1, -0.05) is 18.2 Å². The minimum absolute atomic E-state index is 0.0731. The Balaban J connectivity index is 1.50. The standard InChI is InChI=1S/C27H23F3N2O6S/c1-31-10-11-37-24-8-4-17(13-23(24)31)3-2-12-39(35,36)32-20(16-21-6-9-25(38-21)26(33)34)15-18-14-19(27(28,29)30)5-7-22(18)32/h2-9,13-15H,10-12,16H2,1H3,(H,33,34). The van der Waals surface area contributed by atoms with Gasteiger partial charge in [-0.15, -0.1) is 0 Å². The number of anilines is 1. The molecule has 0 spiro atoms. The first-order chi connectivity index (χ1) is 18.4. The predicted octanol–water partition coefficient (Wildman–Crippen LogP) is 5.26. The summed E-state index contributed by atoms with van der Waals surface area (Å²) in [5.74, 6) is -1.18. The summed E-state index contributed by atoms with van der Waals surface area (Å²) in [6, 6.07) is 12.3. The zero-order chi connectivity index (χ0) is 27.9. The van der Waals surface area contributed by atoms with Gasteiger partial charge in [-0.3, -0.25) is 0 Å². The third kappa shape index (κ3) is 5.37. The van der Waals surface area contributed by atoms with Gasteiger partial charge in [0.1, 0.15) is 18.1 Å². The monoisotopic (exact) mass is 560 g/mol. The summed E-state index contributed by atoms with van der Waals surface area (Å²) in [7, 11) is -2.16. The van der Waals surface area contributed by atoms with Crippen LogP contribution in [0.3, 0.4) is 0 Å². The molecule has 1 N–H and O–H groups in total. The third-order valence-corrected chi connectivity index (χ3v) is 7.96. The van der Waals surface area contributed by atoms with Crippen LogP contribution in [0.1, 0.15) is 33.1 Å². The lowest BCUT2D eigenvalue weighted by Crippen LogP contribution is -2.28. The Kier molecular flexibility index (Phi) is 6.67. The molecule has 3 heterocycles. The molecular formula is C27H23F3N2O6S. The van der Waals surface area contributed by atoms with Crippen molar-refractivity contribution in [1.29, 1.82) is 0 Å². The SMILES string of the molecule is CN1CCOc2ccc(C=CCS(=O)(=O)n3c(Cc4ccc(C(=O)O)o4)cc4cc(C(F)(F)F)ccc43)cc21. The lowest BCUT2D eigenvalue weighted by Gasteiger charge is -2.27. The van der Waals surface area contributed by atoms with Crippen molar-refractivity contribution in [3.05, 3.63) is 89.0 Å². The number of carbonyl (C=O) groups is 1. The molecule has 0 bridgehead atoms. The fraction of sp³-hybridized carbons (Fsp3) is 0.222. The maximum Gasteiger partial charge on any atom is 0.416 e. The normalized spacial score (nSPS) is 14.1. The molecule has 2 aromatic carbocycles. The van der Waals surface area contributed by atoms with Crippen LogP contribution in [-0.2, 0) is 22.6 Å². The van der Waals surface area contributed by atoms with Crippen molar-refractivity contribution < 1.29 is 40.6 Å². The van der Waals surface area contributed by atoms with Gasteiger partial charge >= 0.3 is 12.1 Å². The number of alkyl halides is 3. The van der Waals surface area contributed by atoms with Crippen molar-refractivity contribution in [1.82, 2.24) is 3.97 Å².